The van der Waals surface area contributed by atoms with Crippen molar-refractivity contribution in [3.8, 4) is 5.75 Å². The first-order chi connectivity index (χ1) is 13.1. The third-order valence-electron chi connectivity index (χ3n) is 3.40. The highest BCUT2D eigenvalue weighted by atomic mass is 35.5. The van der Waals surface area contributed by atoms with Gasteiger partial charge < -0.3 is 15.4 Å². The molecule has 0 heterocycles. The number of nitrogens with one attached hydrogen (secondary N) is 2. The summed E-state index contributed by atoms with van der Waals surface area (Å²) in [5, 5.41) is 5.72. The van der Waals surface area contributed by atoms with E-state index in [2.05, 4.69) is 10.6 Å². The van der Waals surface area contributed by atoms with Crippen LogP contribution < -0.4 is 15.4 Å². The van der Waals surface area contributed by atoms with Gasteiger partial charge in [-0.1, -0.05) is 29.3 Å². The van der Waals surface area contributed by atoms with Crippen LogP contribution >= 0.6 is 35.4 Å². The molecule has 0 aliphatic carbocycles. The number of alkyl halides is 3. The third kappa shape index (κ3) is 7.18. The average molecular weight is 451 g/mol. The van der Waals surface area contributed by atoms with Gasteiger partial charge >= 0.3 is 6.18 Å². The number of hydrogen-bond donors (Lipinski definition) is 2. The SMILES string of the molecule is O=C(CCCOc1ccc(Cl)cc1Cl)NC(=S)Nc1cccc(C(F)(F)F)c1. The Labute approximate surface area is 175 Å². The minimum absolute atomic E-state index is 0.0917. The molecule has 0 saturated carbocycles. The van der Waals surface area contributed by atoms with Gasteiger partial charge in [0, 0.05) is 17.1 Å². The lowest BCUT2D eigenvalue weighted by atomic mass is 10.2. The maximum Gasteiger partial charge on any atom is 0.416 e. The first kappa shape index (κ1) is 22.3. The van der Waals surface area contributed by atoms with Gasteiger partial charge in [0.25, 0.3) is 0 Å². The van der Waals surface area contributed by atoms with E-state index in [0.717, 1.165) is 12.1 Å². The quantitative estimate of drug-likeness (QED) is 0.438. The molecule has 0 radical (unpaired) electrons. The molecule has 2 N–H and O–H groups in total. The number of benzene rings is 2. The summed E-state index contributed by atoms with van der Waals surface area (Å²) in [6, 6.07) is 9.31. The fourth-order valence-electron chi connectivity index (χ4n) is 2.13. The van der Waals surface area contributed by atoms with Crippen LogP contribution in [-0.4, -0.2) is 17.6 Å². The summed E-state index contributed by atoms with van der Waals surface area (Å²) < 4.78 is 43.6. The number of halogens is 5. The summed E-state index contributed by atoms with van der Waals surface area (Å²) in [6.07, 6.45) is -3.97. The lowest BCUT2D eigenvalue weighted by Crippen LogP contribution is -2.34. The number of carbonyl (C=O) groups excluding carboxylic acids is 1. The Balaban J connectivity index is 1.74. The maximum absolute atomic E-state index is 12.7. The van der Waals surface area contributed by atoms with Crippen LogP contribution in [-0.2, 0) is 11.0 Å². The van der Waals surface area contributed by atoms with Gasteiger partial charge in [0.15, 0.2) is 5.11 Å². The number of carbonyl (C=O) groups is 1. The van der Waals surface area contributed by atoms with Crippen LogP contribution in [0.3, 0.4) is 0 Å². The molecule has 0 atom stereocenters. The van der Waals surface area contributed by atoms with Crippen LogP contribution in [0.15, 0.2) is 42.5 Å². The number of rotatable bonds is 6. The summed E-state index contributed by atoms with van der Waals surface area (Å²) in [7, 11) is 0. The Morgan fingerprint density at radius 3 is 2.57 bits per heavy atom. The van der Waals surface area contributed by atoms with Gasteiger partial charge in [-0.2, -0.15) is 13.2 Å². The van der Waals surface area contributed by atoms with Crippen molar-refractivity contribution in [2.24, 2.45) is 0 Å². The molecule has 150 valence electrons. The van der Waals surface area contributed by atoms with Gasteiger partial charge in [0.05, 0.1) is 17.2 Å². The van der Waals surface area contributed by atoms with Crippen molar-refractivity contribution in [2.45, 2.75) is 19.0 Å². The third-order valence-corrected chi connectivity index (χ3v) is 4.13. The molecule has 0 aliphatic heterocycles. The first-order valence-corrected chi connectivity index (χ1v) is 9.17. The Morgan fingerprint density at radius 1 is 1.14 bits per heavy atom. The number of thiocarbonyl (C=S) groups is 1. The molecule has 0 saturated heterocycles. The summed E-state index contributed by atoms with van der Waals surface area (Å²) in [5.74, 6) is 0.0588. The van der Waals surface area contributed by atoms with E-state index < -0.39 is 17.6 Å². The van der Waals surface area contributed by atoms with Crippen molar-refractivity contribution in [1.82, 2.24) is 5.32 Å². The predicted molar refractivity (Wildman–Crippen MR) is 107 cm³/mol. The monoisotopic (exact) mass is 450 g/mol. The molecule has 0 aromatic heterocycles. The zero-order valence-electron chi connectivity index (χ0n) is 14.3. The molecular formula is C18H15Cl2F3N2O2S. The molecule has 2 aromatic rings. The van der Waals surface area contributed by atoms with Crippen molar-refractivity contribution in [1.29, 1.82) is 0 Å². The predicted octanol–water partition coefficient (Wildman–Crippen LogP) is 5.68. The molecule has 28 heavy (non-hydrogen) atoms. The largest absolute Gasteiger partial charge is 0.492 e. The fourth-order valence-corrected chi connectivity index (χ4v) is 2.83. The molecule has 4 nitrogen and oxygen atoms in total. The molecule has 0 spiro atoms. The second-order valence-corrected chi connectivity index (χ2v) is 6.86. The summed E-state index contributed by atoms with van der Waals surface area (Å²) in [5.41, 5.74) is -0.689. The smallest absolute Gasteiger partial charge is 0.416 e. The number of ether oxygens (including phenoxy) is 1. The Bertz CT molecular complexity index is 863. The summed E-state index contributed by atoms with van der Waals surface area (Å²) in [6.45, 7) is 0.239. The summed E-state index contributed by atoms with van der Waals surface area (Å²) >= 11 is 16.7. The van der Waals surface area contributed by atoms with E-state index in [4.69, 9.17) is 40.2 Å². The topological polar surface area (TPSA) is 50.4 Å². The van der Waals surface area contributed by atoms with Crippen LogP contribution in [0.4, 0.5) is 18.9 Å². The fraction of sp³-hybridized carbons (Fsp3) is 0.222. The van der Waals surface area contributed by atoms with Gasteiger partial charge in [-0.05, 0) is 55.0 Å². The standard InChI is InChI=1S/C18H15Cl2F3N2O2S/c19-12-6-7-15(14(20)10-12)27-8-2-5-16(26)25-17(28)24-13-4-1-3-11(9-13)18(21,22)23/h1,3-4,6-7,9-10H,2,5,8H2,(H2,24,25,26,28). The van der Waals surface area contributed by atoms with Crippen LogP contribution in [0.5, 0.6) is 5.75 Å². The number of hydrogen-bond acceptors (Lipinski definition) is 3. The Morgan fingerprint density at radius 2 is 1.89 bits per heavy atom. The zero-order valence-corrected chi connectivity index (χ0v) is 16.6. The lowest BCUT2D eigenvalue weighted by Gasteiger charge is -2.12. The first-order valence-electron chi connectivity index (χ1n) is 8.01. The van der Waals surface area contributed by atoms with Crippen molar-refractivity contribution < 1.29 is 22.7 Å². The van der Waals surface area contributed by atoms with Gasteiger partial charge in [0.2, 0.25) is 5.91 Å². The van der Waals surface area contributed by atoms with Crippen molar-refractivity contribution >= 4 is 52.1 Å². The minimum Gasteiger partial charge on any atom is -0.492 e. The molecule has 0 unspecified atom stereocenters. The van der Waals surface area contributed by atoms with Gasteiger partial charge in [0.1, 0.15) is 5.75 Å². The van der Waals surface area contributed by atoms with E-state index in [1.807, 2.05) is 0 Å². The maximum atomic E-state index is 12.7. The van der Waals surface area contributed by atoms with E-state index in [1.54, 1.807) is 18.2 Å². The highest BCUT2D eigenvalue weighted by Gasteiger charge is 2.30. The van der Waals surface area contributed by atoms with Crippen molar-refractivity contribution in [3.05, 3.63) is 58.1 Å². The highest BCUT2D eigenvalue weighted by Crippen LogP contribution is 2.30. The zero-order chi connectivity index (χ0) is 20.7. The van der Waals surface area contributed by atoms with Crippen LogP contribution in [0, 0.1) is 0 Å². The van der Waals surface area contributed by atoms with Crippen LogP contribution in [0.25, 0.3) is 0 Å². The van der Waals surface area contributed by atoms with Gasteiger partial charge in [-0.25, -0.2) is 0 Å². The molecule has 2 rings (SSSR count). The van der Waals surface area contributed by atoms with Crippen molar-refractivity contribution in [3.63, 3.8) is 0 Å². The molecule has 10 heteroatoms. The number of amides is 1. The molecule has 2 aromatic carbocycles. The van der Waals surface area contributed by atoms with E-state index in [-0.39, 0.29) is 23.8 Å². The molecular weight excluding hydrogens is 436 g/mol. The normalized spacial score (nSPS) is 11.0. The lowest BCUT2D eigenvalue weighted by molar-refractivity contribution is -0.137. The highest BCUT2D eigenvalue weighted by molar-refractivity contribution is 7.80. The van der Waals surface area contributed by atoms with Crippen LogP contribution in [0.2, 0.25) is 10.0 Å². The van der Waals surface area contributed by atoms with Gasteiger partial charge in [-0.3, -0.25) is 4.79 Å². The Kier molecular flexibility index (Phi) is 7.91. The van der Waals surface area contributed by atoms with E-state index in [1.165, 1.54) is 12.1 Å². The molecule has 0 bridgehead atoms. The van der Waals surface area contributed by atoms with E-state index >= 15 is 0 Å². The van der Waals surface area contributed by atoms with E-state index in [9.17, 15) is 18.0 Å². The van der Waals surface area contributed by atoms with Crippen molar-refractivity contribution in [2.75, 3.05) is 11.9 Å². The molecule has 0 fully saturated rings. The van der Waals surface area contributed by atoms with Gasteiger partial charge in [-0.15, -0.1) is 0 Å². The minimum atomic E-state index is -4.46. The Hall–Kier alpha value is -2.03. The average Bonchev–Trinajstić information content (AvgIpc) is 2.59. The van der Waals surface area contributed by atoms with E-state index in [0.29, 0.717) is 22.2 Å². The molecule has 0 aliphatic rings. The van der Waals surface area contributed by atoms with Crippen LogP contribution in [0.1, 0.15) is 18.4 Å². The summed E-state index contributed by atoms with van der Waals surface area (Å²) in [4.78, 5) is 11.9. The second kappa shape index (κ2) is 9.95. The second-order valence-electron chi connectivity index (χ2n) is 5.61. The number of anilines is 1. The molecule has 1 amide bonds.